The molecule has 0 radical (unpaired) electrons. The summed E-state index contributed by atoms with van der Waals surface area (Å²) in [5, 5.41) is 10.9. The number of non-ortho nitro benzene ring substituents is 1. The van der Waals surface area contributed by atoms with Gasteiger partial charge >= 0.3 is 0 Å². The molecule has 0 aliphatic heterocycles. The van der Waals surface area contributed by atoms with E-state index >= 15 is 0 Å². The van der Waals surface area contributed by atoms with Gasteiger partial charge in [0.05, 0.1) is 16.0 Å². The van der Waals surface area contributed by atoms with Crippen LogP contribution in [0.5, 0.6) is 11.5 Å². The topological polar surface area (TPSA) is 78.4 Å². The van der Waals surface area contributed by atoms with Crippen LogP contribution in [0.4, 0.5) is 10.1 Å². The van der Waals surface area contributed by atoms with Gasteiger partial charge in [0, 0.05) is 17.7 Å². The number of ether oxygens (including phenoxy) is 1. The van der Waals surface area contributed by atoms with E-state index in [4.69, 9.17) is 22.1 Å². The van der Waals surface area contributed by atoms with Crippen LogP contribution in [0.3, 0.4) is 0 Å². The molecule has 0 saturated heterocycles. The first-order valence-electron chi connectivity index (χ1n) is 6.06. The highest BCUT2D eigenvalue weighted by Crippen LogP contribution is 2.36. The summed E-state index contributed by atoms with van der Waals surface area (Å²) in [4.78, 5) is 10.2. The Bertz CT molecular complexity index is 692. The molecule has 110 valence electrons. The van der Waals surface area contributed by atoms with E-state index in [1.807, 2.05) is 0 Å². The van der Waals surface area contributed by atoms with Crippen molar-refractivity contribution in [1.82, 2.24) is 0 Å². The predicted octanol–water partition coefficient (Wildman–Crippen LogP) is 4.20. The van der Waals surface area contributed by atoms with E-state index in [0.29, 0.717) is 5.56 Å². The van der Waals surface area contributed by atoms with Crippen LogP contribution in [0.1, 0.15) is 18.5 Å². The standard InChI is InChI=1S/C14H12ClFN2O3/c1-8(17)10-3-2-4-12(16)14(10)21-13-7-9(18(19)20)5-6-11(13)15/h2-8H,17H2,1H3/t8-/m1/s1. The van der Waals surface area contributed by atoms with E-state index in [-0.39, 0.29) is 22.2 Å². The lowest BCUT2D eigenvalue weighted by Crippen LogP contribution is -2.07. The molecule has 0 heterocycles. The van der Waals surface area contributed by atoms with Crippen LogP contribution < -0.4 is 10.5 Å². The van der Waals surface area contributed by atoms with Gasteiger partial charge in [-0.1, -0.05) is 23.7 Å². The largest absolute Gasteiger partial charge is 0.452 e. The number of hydrogen-bond donors (Lipinski definition) is 1. The van der Waals surface area contributed by atoms with E-state index in [0.717, 1.165) is 6.07 Å². The fraction of sp³-hybridized carbons (Fsp3) is 0.143. The quantitative estimate of drug-likeness (QED) is 0.678. The third kappa shape index (κ3) is 3.29. The Balaban J connectivity index is 2.47. The molecule has 0 aliphatic rings. The molecule has 0 aliphatic carbocycles. The predicted molar refractivity (Wildman–Crippen MR) is 77.2 cm³/mol. The number of benzene rings is 2. The van der Waals surface area contributed by atoms with Gasteiger partial charge in [-0.15, -0.1) is 0 Å². The smallest absolute Gasteiger partial charge is 0.273 e. The lowest BCUT2D eigenvalue weighted by Gasteiger charge is -2.15. The van der Waals surface area contributed by atoms with Crippen molar-refractivity contribution in [3.8, 4) is 11.5 Å². The third-order valence-electron chi connectivity index (χ3n) is 2.83. The number of halogens is 2. The molecule has 2 rings (SSSR count). The Hall–Kier alpha value is -2.18. The monoisotopic (exact) mass is 310 g/mol. The van der Waals surface area contributed by atoms with Crippen molar-refractivity contribution in [1.29, 1.82) is 0 Å². The van der Waals surface area contributed by atoms with Gasteiger partial charge in [-0.25, -0.2) is 4.39 Å². The number of hydrogen-bond acceptors (Lipinski definition) is 4. The molecule has 21 heavy (non-hydrogen) atoms. The van der Waals surface area contributed by atoms with Gasteiger partial charge in [0.2, 0.25) is 0 Å². The summed E-state index contributed by atoms with van der Waals surface area (Å²) in [5.74, 6) is -0.708. The highest BCUT2D eigenvalue weighted by Gasteiger charge is 2.17. The van der Waals surface area contributed by atoms with E-state index in [1.165, 1.54) is 24.3 Å². The van der Waals surface area contributed by atoms with E-state index < -0.39 is 16.8 Å². The second-order valence-corrected chi connectivity index (χ2v) is 4.83. The summed E-state index contributed by atoms with van der Waals surface area (Å²) in [6, 6.07) is 7.58. The zero-order valence-electron chi connectivity index (χ0n) is 11.0. The number of para-hydroxylation sites is 1. The Labute approximate surface area is 125 Å². The van der Waals surface area contributed by atoms with E-state index in [2.05, 4.69) is 0 Å². The average Bonchev–Trinajstić information content (AvgIpc) is 2.42. The van der Waals surface area contributed by atoms with Gasteiger partial charge < -0.3 is 10.5 Å². The first-order chi connectivity index (χ1) is 9.90. The Kier molecular flexibility index (Phi) is 4.40. The van der Waals surface area contributed by atoms with Crippen molar-refractivity contribution in [3.63, 3.8) is 0 Å². The fourth-order valence-corrected chi connectivity index (χ4v) is 1.94. The summed E-state index contributed by atoms with van der Waals surface area (Å²) in [6.45, 7) is 1.68. The average molecular weight is 311 g/mol. The molecule has 0 aromatic heterocycles. The molecule has 0 spiro atoms. The highest BCUT2D eigenvalue weighted by molar-refractivity contribution is 6.32. The zero-order chi connectivity index (χ0) is 15.6. The molecular weight excluding hydrogens is 299 g/mol. The van der Waals surface area contributed by atoms with Gasteiger partial charge in [0.25, 0.3) is 5.69 Å². The van der Waals surface area contributed by atoms with Gasteiger partial charge in [0.1, 0.15) is 0 Å². The maximum absolute atomic E-state index is 13.9. The van der Waals surface area contributed by atoms with E-state index in [9.17, 15) is 14.5 Å². The fourth-order valence-electron chi connectivity index (χ4n) is 1.79. The van der Waals surface area contributed by atoms with Crippen molar-refractivity contribution < 1.29 is 14.1 Å². The van der Waals surface area contributed by atoms with Gasteiger partial charge in [-0.3, -0.25) is 10.1 Å². The maximum Gasteiger partial charge on any atom is 0.273 e. The summed E-state index contributed by atoms with van der Waals surface area (Å²) in [5.41, 5.74) is 6.01. The lowest BCUT2D eigenvalue weighted by molar-refractivity contribution is -0.384. The van der Waals surface area contributed by atoms with Crippen molar-refractivity contribution in [2.75, 3.05) is 0 Å². The third-order valence-corrected chi connectivity index (χ3v) is 3.14. The van der Waals surface area contributed by atoms with E-state index in [1.54, 1.807) is 13.0 Å². The molecule has 2 aromatic carbocycles. The summed E-state index contributed by atoms with van der Waals surface area (Å²) in [7, 11) is 0. The summed E-state index contributed by atoms with van der Waals surface area (Å²) < 4.78 is 19.4. The minimum atomic E-state index is -0.618. The molecule has 0 bridgehead atoms. The van der Waals surface area contributed by atoms with Crippen LogP contribution in [0.15, 0.2) is 36.4 Å². The molecule has 0 fully saturated rings. The first-order valence-corrected chi connectivity index (χ1v) is 6.43. The molecule has 2 N–H and O–H groups in total. The molecule has 0 amide bonds. The first kappa shape index (κ1) is 15.2. The van der Waals surface area contributed by atoms with Crippen molar-refractivity contribution >= 4 is 17.3 Å². The van der Waals surface area contributed by atoms with Crippen LogP contribution in [-0.2, 0) is 0 Å². The Morgan fingerprint density at radius 2 is 2.10 bits per heavy atom. The van der Waals surface area contributed by atoms with Crippen LogP contribution in [-0.4, -0.2) is 4.92 Å². The zero-order valence-corrected chi connectivity index (χ0v) is 11.8. The van der Waals surface area contributed by atoms with Crippen molar-refractivity contribution in [2.45, 2.75) is 13.0 Å². The molecular formula is C14H12ClFN2O3. The minimum absolute atomic E-state index is 0.00198. The van der Waals surface area contributed by atoms with Gasteiger partial charge in [0.15, 0.2) is 17.3 Å². The second kappa shape index (κ2) is 6.07. The normalized spacial score (nSPS) is 12.0. The Morgan fingerprint density at radius 3 is 2.71 bits per heavy atom. The molecule has 0 unspecified atom stereocenters. The van der Waals surface area contributed by atoms with Gasteiger partial charge in [-0.2, -0.15) is 0 Å². The lowest BCUT2D eigenvalue weighted by atomic mass is 10.1. The Morgan fingerprint density at radius 1 is 1.38 bits per heavy atom. The molecule has 0 saturated carbocycles. The van der Waals surface area contributed by atoms with Crippen LogP contribution >= 0.6 is 11.6 Å². The minimum Gasteiger partial charge on any atom is -0.452 e. The van der Waals surface area contributed by atoms with Crippen molar-refractivity contribution in [2.24, 2.45) is 5.73 Å². The molecule has 1 atom stereocenters. The molecule has 5 nitrogen and oxygen atoms in total. The number of nitro benzene ring substituents is 1. The number of nitrogens with zero attached hydrogens (tertiary/aromatic N) is 1. The van der Waals surface area contributed by atoms with Gasteiger partial charge in [-0.05, 0) is 19.1 Å². The molecule has 7 heteroatoms. The molecule has 2 aromatic rings. The maximum atomic E-state index is 13.9. The second-order valence-electron chi connectivity index (χ2n) is 4.42. The summed E-state index contributed by atoms with van der Waals surface area (Å²) in [6.07, 6.45) is 0. The number of nitro groups is 1. The number of nitrogens with two attached hydrogens (primary N) is 1. The summed E-state index contributed by atoms with van der Waals surface area (Å²) >= 11 is 5.93. The highest BCUT2D eigenvalue weighted by atomic mass is 35.5. The number of rotatable bonds is 4. The van der Waals surface area contributed by atoms with Crippen LogP contribution in [0.25, 0.3) is 0 Å². The van der Waals surface area contributed by atoms with Crippen LogP contribution in [0.2, 0.25) is 5.02 Å². The SMILES string of the molecule is C[C@@H](N)c1cccc(F)c1Oc1cc([N+](=O)[O-])ccc1Cl. The van der Waals surface area contributed by atoms with Crippen LogP contribution in [0, 0.1) is 15.9 Å². The van der Waals surface area contributed by atoms with Crippen molar-refractivity contribution in [3.05, 3.63) is 62.9 Å².